The molecule has 3 heteroatoms. The van der Waals surface area contributed by atoms with Gasteiger partial charge in [-0.2, -0.15) is 5.10 Å². The van der Waals surface area contributed by atoms with Gasteiger partial charge in [0.15, 0.2) is 0 Å². The first-order valence-electron chi connectivity index (χ1n) is 8.64. The van der Waals surface area contributed by atoms with Crippen molar-refractivity contribution in [3.63, 3.8) is 0 Å². The van der Waals surface area contributed by atoms with Gasteiger partial charge >= 0.3 is 0 Å². The van der Waals surface area contributed by atoms with Crippen LogP contribution in [-0.4, -0.2) is 14.8 Å². The van der Waals surface area contributed by atoms with E-state index < -0.39 is 0 Å². The highest BCUT2D eigenvalue weighted by molar-refractivity contribution is 5.86. The number of hydrogen-bond donors (Lipinski definition) is 0. The molecular formula is C23H16N3. The van der Waals surface area contributed by atoms with Crippen LogP contribution < -0.4 is 0 Å². The lowest BCUT2D eigenvalue weighted by Crippen LogP contribution is -2.00. The topological polar surface area (TPSA) is 30.7 Å². The predicted molar refractivity (Wildman–Crippen MR) is 105 cm³/mol. The van der Waals surface area contributed by atoms with E-state index >= 15 is 0 Å². The van der Waals surface area contributed by atoms with Gasteiger partial charge in [-0.25, -0.2) is 4.98 Å². The molecule has 123 valence electrons. The second-order valence-corrected chi connectivity index (χ2v) is 6.37. The molecular weight excluding hydrogens is 318 g/mol. The standard InChI is InChI=1S/C23H16N3/c1-2-6-17(7-3-1)16-26-23-13-11-19(14-20(23)15-24-26)22-12-10-18-8-4-5-9-21(18)25-22/h1-11,13-15H,16H2. The van der Waals surface area contributed by atoms with Crippen molar-refractivity contribution in [1.82, 2.24) is 14.8 Å². The number of rotatable bonds is 3. The van der Waals surface area contributed by atoms with Crippen LogP contribution in [0.5, 0.6) is 0 Å². The number of benzene rings is 3. The molecule has 2 heterocycles. The minimum absolute atomic E-state index is 0.768. The molecule has 0 spiro atoms. The summed E-state index contributed by atoms with van der Waals surface area (Å²) in [5.41, 5.74) is 5.27. The highest BCUT2D eigenvalue weighted by atomic mass is 15.3. The van der Waals surface area contributed by atoms with E-state index in [1.54, 1.807) is 0 Å². The molecule has 0 saturated heterocycles. The lowest BCUT2D eigenvalue weighted by molar-refractivity contribution is 0.712. The van der Waals surface area contributed by atoms with E-state index in [0.29, 0.717) is 0 Å². The van der Waals surface area contributed by atoms with Crippen molar-refractivity contribution >= 4 is 21.8 Å². The highest BCUT2D eigenvalue weighted by Crippen LogP contribution is 2.25. The lowest BCUT2D eigenvalue weighted by atomic mass is 10.1. The van der Waals surface area contributed by atoms with Crippen LogP contribution in [0.15, 0.2) is 85.1 Å². The minimum Gasteiger partial charge on any atom is -0.260 e. The van der Waals surface area contributed by atoms with Gasteiger partial charge in [0.25, 0.3) is 0 Å². The zero-order chi connectivity index (χ0) is 17.3. The Morgan fingerprint density at radius 1 is 0.846 bits per heavy atom. The largest absolute Gasteiger partial charge is 0.260 e. The van der Waals surface area contributed by atoms with Crippen molar-refractivity contribution < 1.29 is 0 Å². The van der Waals surface area contributed by atoms with E-state index in [1.807, 2.05) is 41.2 Å². The van der Waals surface area contributed by atoms with Gasteiger partial charge in [-0.1, -0.05) is 54.6 Å². The fraction of sp³-hybridized carbons (Fsp3) is 0.0435. The fourth-order valence-electron chi connectivity index (χ4n) is 3.27. The Morgan fingerprint density at radius 3 is 2.62 bits per heavy atom. The fourth-order valence-corrected chi connectivity index (χ4v) is 3.27. The zero-order valence-electron chi connectivity index (χ0n) is 14.1. The number of hydrogen-bond acceptors (Lipinski definition) is 2. The third-order valence-electron chi connectivity index (χ3n) is 4.62. The summed E-state index contributed by atoms with van der Waals surface area (Å²) in [4.78, 5) is 4.74. The van der Waals surface area contributed by atoms with Crippen LogP contribution in [-0.2, 0) is 6.54 Å². The molecule has 0 fully saturated rings. The number of para-hydroxylation sites is 1. The van der Waals surface area contributed by atoms with Crippen molar-refractivity contribution in [2.45, 2.75) is 6.54 Å². The van der Waals surface area contributed by atoms with Crippen molar-refractivity contribution in [1.29, 1.82) is 0 Å². The SMILES string of the molecule is [c]1cc2ccccc2nc1-c1ccc2c(cnn2Cc2ccccc2)c1. The zero-order valence-corrected chi connectivity index (χ0v) is 14.1. The molecule has 0 aliphatic rings. The van der Waals surface area contributed by atoms with Crippen molar-refractivity contribution in [2.24, 2.45) is 0 Å². The first kappa shape index (κ1) is 14.8. The van der Waals surface area contributed by atoms with E-state index in [4.69, 9.17) is 4.98 Å². The molecule has 1 radical (unpaired) electrons. The van der Waals surface area contributed by atoms with Crippen LogP contribution in [0.25, 0.3) is 33.1 Å². The molecule has 0 N–H and O–H groups in total. The van der Waals surface area contributed by atoms with Crippen molar-refractivity contribution in [3.8, 4) is 11.3 Å². The monoisotopic (exact) mass is 334 g/mol. The van der Waals surface area contributed by atoms with Crippen LogP contribution in [0, 0.1) is 6.07 Å². The third-order valence-corrected chi connectivity index (χ3v) is 4.62. The van der Waals surface area contributed by atoms with Gasteiger partial charge in [0.2, 0.25) is 0 Å². The molecule has 0 saturated carbocycles. The van der Waals surface area contributed by atoms with E-state index in [-0.39, 0.29) is 0 Å². The summed E-state index contributed by atoms with van der Waals surface area (Å²) >= 11 is 0. The second kappa shape index (κ2) is 6.12. The van der Waals surface area contributed by atoms with Gasteiger partial charge in [0.1, 0.15) is 0 Å². The number of aromatic nitrogens is 3. The minimum atomic E-state index is 0.768. The Morgan fingerprint density at radius 2 is 1.69 bits per heavy atom. The molecule has 3 aromatic carbocycles. The van der Waals surface area contributed by atoms with Gasteiger partial charge in [-0.3, -0.25) is 4.68 Å². The van der Waals surface area contributed by atoms with Gasteiger partial charge < -0.3 is 0 Å². The predicted octanol–water partition coefficient (Wildman–Crippen LogP) is 5.10. The lowest BCUT2D eigenvalue weighted by Gasteiger charge is -2.06. The summed E-state index contributed by atoms with van der Waals surface area (Å²) in [6.45, 7) is 0.768. The molecule has 5 aromatic rings. The number of pyridine rings is 1. The van der Waals surface area contributed by atoms with Crippen LogP contribution in [0.4, 0.5) is 0 Å². The maximum Gasteiger partial charge on any atom is 0.0789 e. The average molecular weight is 334 g/mol. The summed E-state index contributed by atoms with van der Waals surface area (Å²) in [5.74, 6) is 0. The van der Waals surface area contributed by atoms with Gasteiger partial charge in [0.05, 0.1) is 29.5 Å². The second-order valence-electron chi connectivity index (χ2n) is 6.37. The quantitative estimate of drug-likeness (QED) is 0.459. The van der Waals surface area contributed by atoms with E-state index in [9.17, 15) is 0 Å². The summed E-state index contributed by atoms with van der Waals surface area (Å²) in [6, 6.07) is 30.2. The molecule has 0 unspecified atom stereocenters. The molecule has 0 aliphatic carbocycles. The molecule has 0 amide bonds. The van der Waals surface area contributed by atoms with Gasteiger partial charge in [-0.15, -0.1) is 0 Å². The molecule has 0 atom stereocenters. The smallest absolute Gasteiger partial charge is 0.0789 e. The maximum atomic E-state index is 4.74. The Hall–Kier alpha value is -3.46. The Labute approximate surface area is 151 Å². The Bertz CT molecular complexity index is 1210. The number of fused-ring (bicyclic) bond motifs is 2. The van der Waals surface area contributed by atoms with Crippen LogP contribution in [0.3, 0.4) is 0 Å². The normalized spacial score (nSPS) is 11.2. The van der Waals surface area contributed by atoms with Gasteiger partial charge in [0, 0.05) is 22.4 Å². The molecule has 26 heavy (non-hydrogen) atoms. The molecule has 3 nitrogen and oxygen atoms in total. The molecule has 0 bridgehead atoms. The third kappa shape index (κ3) is 2.64. The van der Waals surface area contributed by atoms with Crippen molar-refractivity contribution in [2.75, 3.05) is 0 Å². The van der Waals surface area contributed by atoms with Crippen molar-refractivity contribution in [3.05, 3.63) is 96.7 Å². The molecule has 0 aliphatic heterocycles. The van der Waals surface area contributed by atoms with E-state index in [0.717, 1.165) is 39.6 Å². The summed E-state index contributed by atoms with van der Waals surface area (Å²) in [5, 5.41) is 6.78. The van der Waals surface area contributed by atoms with E-state index in [1.165, 1.54) is 5.56 Å². The highest BCUT2D eigenvalue weighted by Gasteiger charge is 2.07. The summed E-state index contributed by atoms with van der Waals surface area (Å²) in [6.07, 6.45) is 1.92. The average Bonchev–Trinajstić information content (AvgIpc) is 3.10. The van der Waals surface area contributed by atoms with Crippen LogP contribution in [0.2, 0.25) is 0 Å². The summed E-state index contributed by atoms with van der Waals surface area (Å²) in [7, 11) is 0. The maximum absolute atomic E-state index is 4.74. The Balaban J connectivity index is 1.53. The first-order chi connectivity index (χ1) is 12.9. The van der Waals surface area contributed by atoms with Crippen LogP contribution >= 0.6 is 0 Å². The van der Waals surface area contributed by atoms with E-state index in [2.05, 4.69) is 59.7 Å². The Kier molecular flexibility index (Phi) is 3.49. The first-order valence-corrected chi connectivity index (χ1v) is 8.64. The van der Waals surface area contributed by atoms with Gasteiger partial charge in [-0.05, 0) is 29.8 Å². The summed E-state index contributed by atoms with van der Waals surface area (Å²) < 4.78 is 2.03. The van der Waals surface area contributed by atoms with Crippen LogP contribution in [0.1, 0.15) is 5.56 Å². The molecule has 5 rings (SSSR count). The molecule has 2 aromatic heterocycles. The number of nitrogens with zero attached hydrogens (tertiary/aromatic N) is 3.